The zero-order valence-corrected chi connectivity index (χ0v) is 14.4. The summed E-state index contributed by atoms with van der Waals surface area (Å²) in [5.41, 5.74) is 0.356. The number of nitrogens with zero attached hydrogens (tertiary/aromatic N) is 1. The number of halogens is 1. The van der Waals surface area contributed by atoms with E-state index in [1.54, 1.807) is 11.8 Å². The molecular formula is C17H23FN4O3. The van der Waals surface area contributed by atoms with E-state index in [0.29, 0.717) is 25.2 Å². The SMILES string of the molecule is CCCN1C[C@H](NC(=O)Nc2cc(NC(=O)CC)ccc2F)CC1=O. The minimum Gasteiger partial charge on any atom is -0.341 e. The average Bonchev–Trinajstić information content (AvgIpc) is 2.90. The number of carbonyl (C=O) groups is 3. The molecule has 7 nitrogen and oxygen atoms in total. The predicted octanol–water partition coefficient (Wildman–Crippen LogP) is 2.31. The van der Waals surface area contributed by atoms with Gasteiger partial charge in [-0.3, -0.25) is 9.59 Å². The van der Waals surface area contributed by atoms with E-state index in [0.717, 1.165) is 6.42 Å². The van der Waals surface area contributed by atoms with Crippen molar-refractivity contribution in [3.05, 3.63) is 24.0 Å². The van der Waals surface area contributed by atoms with E-state index in [9.17, 15) is 18.8 Å². The Labute approximate surface area is 145 Å². The molecule has 1 aromatic rings. The van der Waals surface area contributed by atoms with E-state index in [4.69, 9.17) is 0 Å². The molecule has 25 heavy (non-hydrogen) atoms. The van der Waals surface area contributed by atoms with Crippen LogP contribution < -0.4 is 16.0 Å². The second-order valence-corrected chi connectivity index (χ2v) is 5.94. The van der Waals surface area contributed by atoms with Gasteiger partial charge >= 0.3 is 6.03 Å². The minimum atomic E-state index is -0.611. The fraction of sp³-hybridized carbons (Fsp3) is 0.471. The van der Waals surface area contributed by atoms with Crippen LogP contribution in [0.1, 0.15) is 33.1 Å². The summed E-state index contributed by atoms with van der Waals surface area (Å²) in [6, 6.07) is 3.05. The first-order valence-corrected chi connectivity index (χ1v) is 8.37. The van der Waals surface area contributed by atoms with Gasteiger partial charge in [0.2, 0.25) is 11.8 Å². The molecule has 0 unspecified atom stereocenters. The van der Waals surface area contributed by atoms with Crippen molar-refractivity contribution in [2.75, 3.05) is 23.7 Å². The summed E-state index contributed by atoms with van der Waals surface area (Å²) in [7, 11) is 0. The van der Waals surface area contributed by atoms with Crippen LogP contribution in [0.25, 0.3) is 0 Å². The molecule has 1 aliphatic heterocycles. The first kappa shape index (κ1) is 18.7. The fourth-order valence-corrected chi connectivity index (χ4v) is 2.65. The number of hydrogen-bond acceptors (Lipinski definition) is 3. The highest BCUT2D eigenvalue weighted by molar-refractivity contribution is 5.94. The van der Waals surface area contributed by atoms with Gasteiger partial charge in [0.15, 0.2) is 0 Å². The van der Waals surface area contributed by atoms with E-state index in [1.165, 1.54) is 18.2 Å². The number of benzene rings is 1. The van der Waals surface area contributed by atoms with Crippen molar-refractivity contribution in [2.45, 2.75) is 39.2 Å². The lowest BCUT2D eigenvalue weighted by Gasteiger charge is -2.16. The molecule has 3 N–H and O–H groups in total. The molecule has 0 aromatic heterocycles. The topological polar surface area (TPSA) is 90.5 Å². The summed E-state index contributed by atoms with van der Waals surface area (Å²) >= 11 is 0. The number of rotatable bonds is 6. The van der Waals surface area contributed by atoms with Crippen LogP contribution in [-0.4, -0.2) is 41.9 Å². The van der Waals surface area contributed by atoms with Gasteiger partial charge < -0.3 is 20.9 Å². The van der Waals surface area contributed by atoms with Crippen LogP contribution >= 0.6 is 0 Å². The molecule has 0 radical (unpaired) electrons. The molecule has 0 aliphatic carbocycles. The Balaban J connectivity index is 1.95. The Morgan fingerprint density at radius 1 is 1.28 bits per heavy atom. The fourth-order valence-electron chi connectivity index (χ4n) is 2.65. The van der Waals surface area contributed by atoms with E-state index in [2.05, 4.69) is 16.0 Å². The average molecular weight is 350 g/mol. The van der Waals surface area contributed by atoms with E-state index >= 15 is 0 Å². The van der Waals surface area contributed by atoms with E-state index < -0.39 is 11.8 Å². The number of urea groups is 1. The number of carbonyl (C=O) groups excluding carboxylic acids is 3. The van der Waals surface area contributed by atoms with Gasteiger partial charge in [-0.25, -0.2) is 9.18 Å². The van der Waals surface area contributed by atoms with Crippen LogP contribution in [0, 0.1) is 5.82 Å². The molecule has 0 bridgehead atoms. The molecule has 1 heterocycles. The van der Waals surface area contributed by atoms with Crippen molar-refractivity contribution in [3.8, 4) is 0 Å². The molecule has 2 rings (SSSR count). The van der Waals surface area contributed by atoms with Crippen molar-refractivity contribution in [1.29, 1.82) is 0 Å². The monoisotopic (exact) mass is 350 g/mol. The molecule has 1 fully saturated rings. The Hall–Kier alpha value is -2.64. The van der Waals surface area contributed by atoms with Crippen molar-refractivity contribution >= 4 is 29.2 Å². The van der Waals surface area contributed by atoms with Gasteiger partial charge in [0.1, 0.15) is 5.82 Å². The lowest BCUT2D eigenvalue weighted by molar-refractivity contribution is -0.127. The second-order valence-electron chi connectivity index (χ2n) is 5.94. The van der Waals surface area contributed by atoms with Gasteiger partial charge in [-0.1, -0.05) is 13.8 Å². The molecule has 1 atom stereocenters. The second kappa shape index (κ2) is 8.46. The van der Waals surface area contributed by atoms with Gasteiger partial charge in [0.05, 0.1) is 11.7 Å². The maximum absolute atomic E-state index is 13.9. The van der Waals surface area contributed by atoms with Crippen molar-refractivity contribution in [2.24, 2.45) is 0 Å². The van der Waals surface area contributed by atoms with Crippen molar-refractivity contribution in [1.82, 2.24) is 10.2 Å². The molecule has 136 valence electrons. The Morgan fingerprint density at radius 3 is 2.72 bits per heavy atom. The smallest absolute Gasteiger partial charge is 0.319 e. The van der Waals surface area contributed by atoms with E-state index in [-0.39, 0.29) is 30.0 Å². The summed E-state index contributed by atoms with van der Waals surface area (Å²) < 4.78 is 13.9. The quantitative estimate of drug-likeness (QED) is 0.735. The van der Waals surface area contributed by atoms with Crippen LogP contribution in [0.3, 0.4) is 0 Å². The van der Waals surface area contributed by atoms with Gasteiger partial charge in [-0.05, 0) is 24.6 Å². The maximum atomic E-state index is 13.9. The number of hydrogen-bond donors (Lipinski definition) is 3. The Kier molecular flexibility index (Phi) is 6.32. The summed E-state index contributed by atoms with van der Waals surface area (Å²) in [5.74, 6) is -0.815. The highest BCUT2D eigenvalue weighted by atomic mass is 19.1. The lowest BCUT2D eigenvalue weighted by Crippen LogP contribution is -2.40. The van der Waals surface area contributed by atoms with Gasteiger partial charge in [-0.15, -0.1) is 0 Å². The van der Waals surface area contributed by atoms with Crippen molar-refractivity contribution in [3.63, 3.8) is 0 Å². The van der Waals surface area contributed by atoms with Crippen LogP contribution in [-0.2, 0) is 9.59 Å². The van der Waals surface area contributed by atoms with E-state index in [1.807, 2.05) is 6.92 Å². The normalized spacial score (nSPS) is 16.7. The third kappa shape index (κ3) is 5.17. The third-order valence-corrected chi connectivity index (χ3v) is 3.86. The zero-order chi connectivity index (χ0) is 18.4. The Morgan fingerprint density at radius 2 is 2.04 bits per heavy atom. The molecule has 8 heteroatoms. The molecule has 1 aliphatic rings. The number of amides is 4. The zero-order valence-electron chi connectivity index (χ0n) is 14.4. The highest BCUT2D eigenvalue weighted by Gasteiger charge is 2.29. The summed E-state index contributed by atoms with van der Waals surface area (Å²) in [6.07, 6.45) is 1.39. The highest BCUT2D eigenvalue weighted by Crippen LogP contribution is 2.20. The lowest BCUT2D eigenvalue weighted by atomic mass is 10.2. The van der Waals surface area contributed by atoms with Gasteiger partial charge in [-0.2, -0.15) is 0 Å². The summed E-state index contributed by atoms with van der Waals surface area (Å²) in [5, 5.41) is 7.71. The largest absolute Gasteiger partial charge is 0.341 e. The predicted molar refractivity (Wildman–Crippen MR) is 92.8 cm³/mol. The number of likely N-dealkylation sites (tertiary alicyclic amines) is 1. The Bertz CT molecular complexity index is 665. The van der Waals surface area contributed by atoms with Crippen molar-refractivity contribution < 1.29 is 18.8 Å². The van der Waals surface area contributed by atoms with Crippen LogP contribution in [0.15, 0.2) is 18.2 Å². The summed E-state index contributed by atoms with van der Waals surface area (Å²) in [6.45, 7) is 4.80. The number of anilines is 2. The van der Waals surface area contributed by atoms with Crippen LogP contribution in [0.2, 0.25) is 0 Å². The molecular weight excluding hydrogens is 327 g/mol. The van der Waals surface area contributed by atoms with Crippen LogP contribution in [0.4, 0.5) is 20.6 Å². The molecule has 0 spiro atoms. The molecule has 1 saturated heterocycles. The first-order chi connectivity index (χ1) is 11.9. The third-order valence-electron chi connectivity index (χ3n) is 3.86. The minimum absolute atomic E-state index is 0.00241. The maximum Gasteiger partial charge on any atom is 0.319 e. The van der Waals surface area contributed by atoms with Gasteiger partial charge in [0, 0.05) is 31.6 Å². The molecule has 4 amide bonds. The van der Waals surface area contributed by atoms with Gasteiger partial charge in [0.25, 0.3) is 0 Å². The first-order valence-electron chi connectivity index (χ1n) is 8.37. The molecule has 1 aromatic carbocycles. The molecule has 0 saturated carbocycles. The standard InChI is InChI=1S/C17H23FN4O3/c1-3-7-22-10-12(9-16(22)24)20-17(25)21-14-8-11(5-6-13(14)18)19-15(23)4-2/h5-6,8,12H,3-4,7,9-10H2,1-2H3,(H,19,23)(H2,20,21,25)/t12-/m1/s1. The summed E-state index contributed by atoms with van der Waals surface area (Å²) in [4.78, 5) is 37.0. The number of nitrogens with one attached hydrogen (secondary N) is 3. The van der Waals surface area contributed by atoms with Crippen LogP contribution in [0.5, 0.6) is 0 Å².